The van der Waals surface area contributed by atoms with Crippen LogP contribution in [0.1, 0.15) is 24.1 Å². The van der Waals surface area contributed by atoms with Gasteiger partial charge in [0, 0.05) is 15.8 Å². The summed E-state index contributed by atoms with van der Waals surface area (Å²) in [6.07, 6.45) is 0. The van der Waals surface area contributed by atoms with E-state index in [1.807, 2.05) is 13.0 Å². The van der Waals surface area contributed by atoms with E-state index < -0.39 is 0 Å². The first-order valence-electron chi connectivity index (χ1n) is 6.07. The van der Waals surface area contributed by atoms with Crippen molar-refractivity contribution in [3.63, 3.8) is 0 Å². The van der Waals surface area contributed by atoms with E-state index in [0.717, 1.165) is 15.4 Å². The molecule has 20 heavy (non-hydrogen) atoms. The maximum Gasteiger partial charge on any atom is 0.126 e. The summed E-state index contributed by atoms with van der Waals surface area (Å²) in [7, 11) is 0. The van der Waals surface area contributed by atoms with Gasteiger partial charge in [0.2, 0.25) is 0 Å². The number of benzene rings is 2. The molecule has 0 aromatic heterocycles. The molecular weight excluding hydrogens is 316 g/mol. The van der Waals surface area contributed by atoms with Crippen LogP contribution in [0.4, 0.5) is 4.39 Å². The Kier molecular flexibility index (Phi) is 4.97. The smallest absolute Gasteiger partial charge is 0.126 e. The molecule has 0 amide bonds. The highest BCUT2D eigenvalue weighted by molar-refractivity contribution is 7.99. The van der Waals surface area contributed by atoms with Crippen molar-refractivity contribution in [3.05, 3.63) is 57.3 Å². The van der Waals surface area contributed by atoms with Gasteiger partial charge in [-0.15, -0.1) is 0 Å². The Hall–Kier alpha value is -0.740. The summed E-state index contributed by atoms with van der Waals surface area (Å²) in [5.41, 5.74) is 7.29. The second-order valence-electron chi connectivity index (χ2n) is 4.61. The van der Waals surface area contributed by atoms with Crippen molar-refractivity contribution in [1.29, 1.82) is 0 Å². The largest absolute Gasteiger partial charge is 0.324 e. The van der Waals surface area contributed by atoms with Crippen LogP contribution in [0.5, 0.6) is 0 Å². The molecule has 106 valence electrons. The molecule has 2 rings (SSSR count). The van der Waals surface area contributed by atoms with Gasteiger partial charge in [-0.25, -0.2) is 4.39 Å². The fourth-order valence-electron chi connectivity index (χ4n) is 1.78. The zero-order chi connectivity index (χ0) is 14.9. The molecule has 0 aliphatic carbocycles. The highest BCUT2D eigenvalue weighted by Gasteiger charge is 2.12. The van der Waals surface area contributed by atoms with Crippen molar-refractivity contribution in [2.75, 3.05) is 0 Å². The van der Waals surface area contributed by atoms with Gasteiger partial charge in [0.1, 0.15) is 5.82 Å². The minimum absolute atomic E-state index is 0.240. The Balaban J connectivity index is 2.41. The van der Waals surface area contributed by atoms with Crippen LogP contribution in [0.2, 0.25) is 10.0 Å². The summed E-state index contributed by atoms with van der Waals surface area (Å²) in [4.78, 5) is 1.87. The van der Waals surface area contributed by atoms with Gasteiger partial charge in [0.15, 0.2) is 0 Å². The molecule has 0 heterocycles. The third kappa shape index (κ3) is 3.47. The van der Waals surface area contributed by atoms with Crippen molar-refractivity contribution in [2.45, 2.75) is 29.7 Å². The van der Waals surface area contributed by atoms with E-state index in [1.54, 1.807) is 25.1 Å². The van der Waals surface area contributed by atoms with Crippen molar-refractivity contribution >= 4 is 35.0 Å². The summed E-state index contributed by atoms with van der Waals surface area (Å²) in [5.74, 6) is -0.240. The van der Waals surface area contributed by atoms with Gasteiger partial charge in [-0.2, -0.15) is 0 Å². The quantitative estimate of drug-likeness (QED) is 0.791. The Morgan fingerprint density at radius 1 is 1.15 bits per heavy atom. The molecule has 0 spiro atoms. The van der Waals surface area contributed by atoms with E-state index in [9.17, 15) is 4.39 Å². The molecule has 0 fully saturated rings. The molecule has 0 radical (unpaired) electrons. The molecule has 0 aliphatic rings. The number of nitrogens with two attached hydrogens (primary N) is 1. The molecule has 1 atom stereocenters. The van der Waals surface area contributed by atoms with Crippen molar-refractivity contribution < 1.29 is 4.39 Å². The topological polar surface area (TPSA) is 26.0 Å². The molecule has 0 aliphatic heterocycles. The summed E-state index contributed by atoms with van der Waals surface area (Å²) in [6, 6.07) is 8.48. The lowest BCUT2D eigenvalue weighted by Crippen LogP contribution is -2.07. The van der Waals surface area contributed by atoms with Gasteiger partial charge in [-0.1, -0.05) is 35.0 Å². The molecule has 0 unspecified atom stereocenters. The first kappa shape index (κ1) is 15.6. The number of hydrogen-bond acceptors (Lipinski definition) is 2. The maximum atomic E-state index is 13.7. The second kappa shape index (κ2) is 6.35. The molecule has 2 aromatic carbocycles. The summed E-state index contributed by atoms with van der Waals surface area (Å²) >= 11 is 13.4. The lowest BCUT2D eigenvalue weighted by atomic mass is 10.1. The standard InChI is InChI=1S/C15H14Cl2FNS/c1-8-5-15(11(9(2)19)7-14(8)18)20-10-3-4-12(16)13(17)6-10/h3-7,9H,19H2,1-2H3/t9-/m0/s1. The van der Waals surface area contributed by atoms with Crippen molar-refractivity contribution in [1.82, 2.24) is 0 Å². The van der Waals surface area contributed by atoms with Crippen LogP contribution in [-0.2, 0) is 0 Å². The Bertz CT molecular complexity index is 644. The van der Waals surface area contributed by atoms with Crippen LogP contribution in [0.25, 0.3) is 0 Å². The number of hydrogen-bond donors (Lipinski definition) is 1. The normalized spacial score (nSPS) is 12.5. The van der Waals surface area contributed by atoms with E-state index in [2.05, 4.69) is 0 Å². The van der Waals surface area contributed by atoms with E-state index >= 15 is 0 Å². The summed E-state index contributed by atoms with van der Waals surface area (Å²) < 4.78 is 13.7. The highest BCUT2D eigenvalue weighted by atomic mass is 35.5. The van der Waals surface area contributed by atoms with Crippen LogP contribution in [0.15, 0.2) is 40.1 Å². The van der Waals surface area contributed by atoms with Crippen LogP contribution >= 0.6 is 35.0 Å². The number of aryl methyl sites for hydroxylation is 1. The van der Waals surface area contributed by atoms with Crippen molar-refractivity contribution in [3.8, 4) is 0 Å². The lowest BCUT2D eigenvalue weighted by molar-refractivity contribution is 0.610. The first-order chi connectivity index (χ1) is 9.38. The predicted octanol–water partition coefficient (Wildman–Crippen LogP) is 5.61. The highest BCUT2D eigenvalue weighted by Crippen LogP contribution is 2.36. The van der Waals surface area contributed by atoms with Gasteiger partial charge < -0.3 is 5.73 Å². The third-order valence-corrected chi connectivity index (χ3v) is 4.70. The van der Waals surface area contributed by atoms with Crippen LogP contribution in [0.3, 0.4) is 0 Å². The summed E-state index contributed by atoms with van der Waals surface area (Å²) in [5, 5.41) is 1.01. The fraction of sp³-hybridized carbons (Fsp3) is 0.200. The second-order valence-corrected chi connectivity index (χ2v) is 6.54. The van der Waals surface area contributed by atoms with E-state index in [0.29, 0.717) is 15.6 Å². The number of halogens is 3. The average Bonchev–Trinajstić information content (AvgIpc) is 2.37. The molecule has 0 bridgehead atoms. The Labute approximate surface area is 132 Å². The molecular formula is C15H14Cl2FNS. The first-order valence-corrected chi connectivity index (χ1v) is 7.64. The van der Waals surface area contributed by atoms with E-state index in [1.165, 1.54) is 17.8 Å². The molecule has 0 saturated heterocycles. The lowest BCUT2D eigenvalue weighted by Gasteiger charge is -2.14. The molecule has 2 N–H and O–H groups in total. The van der Waals surface area contributed by atoms with Gasteiger partial charge >= 0.3 is 0 Å². The number of rotatable bonds is 3. The van der Waals surface area contributed by atoms with E-state index in [-0.39, 0.29) is 11.9 Å². The van der Waals surface area contributed by atoms with Gasteiger partial charge in [0.25, 0.3) is 0 Å². The maximum absolute atomic E-state index is 13.7. The minimum atomic E-state index is -0.240. The zero-order valence-corrected chi connectivity index (χ0v) is 13.4. The van der Waals surface area contributed by atoms with Crippen LogP contribution in [-0.4, -0.2) is 0 Å². The molecule has 1 nitrogen and oxygen atoms in total. The molecule has 2 aromatic rings. The zero-order valence-electron chi connectivity index (χ0n) is 11.1. The van der Waals surface area contributed by atoms with Crippen LogP contribution < -0.4 is 5.73 Å². The monoisotopic (exact) mass is 329 g/mol. The van der Waals surface area contributed by atoms with Gasteiger partial charge in [0.05, 0.1) is 10.0 Å². The molecule has 0 saturated carbocycles. The predicted molar refractivity (Wildman–Crippen MR) is 84.3 cm³/mol. The minimum Gasteiger partial charge on any atom is -0.324 e. The molecule has 5 heteroatoms. The van der Waals surface area contributed by atoms with Gasteiger partial charge in [-0.05, 0) is 55.3 Å². The fourth-order valence-corrected chi connectivity index (χ4v) is 3.31. The van der Waals surface area contributed by atoms with E-state index in [4.69, 9.17) is 28.9 Å². The van der Waals surface area contributed by atoms with Crippen molar-refractivity contribution in [2.24, 2.45) is 5.73 Å². The third-order valence-electron chi connectivity index (χ3n) is 2.90. The van der Waals surface area contributed by atoms with Crippen LogP contribution in [0, 0.1) is 12.7 Å². The average molecular weight is 330 g/mol. The Morgan fingerprint density at radius 3 is 2.45 bits per heavy atom. The summed E-state index contributed by atoms with van der Waals surface area (Å²) in [6.45, 7) is 3.57. The Morgan fingerprint density at radius 2 is 1.85 bits per heavy atom. The van der Waals surface area contributed by atoms with Gasteiger partial charge in [-0.3, -0.25) is 0 Å². The SMILES string of the molecule is Cc1cc(Sc2ccc(Cl)c(Cl)c2)c([C@H](C)N)cc1F.